The van der Waals surface area contributed by atoms with E-state index in [-0.39, 0.29) is 12.1 Å². The molecule has 2 N–H and O–H groups in total. The van der Waals surface area contributed by atoms with Gasteiger partial charge in [-0.3, -0.25) is 0 Å². The third-order valence-corrected chi connectivity index (χ3v) is 2.88. The van der Waals surface area contributed by atoms with Gasteiger partial charge in [0.2, 0.25) is 0 Å². The monoisotopic (exact) mass is 241 g/mol. The van der Waals surface area contributed by atoms with Crippen LogP contribution < -0.4 is 5.32 Å². The molecule has 0 aliphatic carbocycles. The van der Waals surface area contributed by atoms with E-state index in [4.69, 9.17) is 5.11 Å². The molecule has 0 aromatic carbocycles. The summed E-state index contributed by atoms with van der Waals surface area (Å²) in [5, 5.41) is 13.1. The fourth-order valence-electron chi connectivity index (χ4n) is 1.04. The maximum Gasteiger partial charge on any atom is 0.187 e. The van der Waals surface area contributed by atoms with Gasteiger partial charge in [0.1, 0.15) is 0 Å². The molecule has 16 heavy (non-hydrogen) atoms. The van der Waals surface area contributed by atoms with Gasteiger partial charge < -0.3 is 10.4 Å². The number of nitrogens with one attached hydrogen (secondary N) is 1. The third-order valence-electron chi connectivity index (χ3n) is 2.12. The molecule has 0 saturated carbocycles. The zero-order valence-corrected chi connectivity index (χ0v) is 10.8. The number of aromatic nitrogens is 2. The largest absolute Gasteiger partial charge is 0.394 e. The summed E-state index contributed by atoms with van der Waals surface area (Å²) in [6, 6.07) is 0. The van der Waals surface area contributed by atoms with Crippen molar-refractivity contribution < 1.29 is 5.11 Å². The number of aliphatic hydroxyl groups is 1. The van der Waals surface area contributed by atoms with Crippen LogP contribution in [-0.2, 0) is 6.54 Å². The Kier molecular flexibility index (Phi) is 5.18. The van der Waals surface area contributed by atoms with E-state index < -0.39 is 0 Å². The lowest BCUT2D eigenvalue weighted by atomic mass is 10.1. The summed E-state index contributed by atoms with van der Waals surface area (Å²) in [6.07, 6.45) is 3.65. The van der Waals surface area contributed by atoms with E-state index in [2.05, 4.69) is 22.2 Å². The van der Waals surface area contributed by atoms with Crippen molar-refractivity contribution in [2.45, 2.75) is 38.0 Å². The Morgan fingerprint density at radius 3 is 2.50 bits per heavy atom. The number of aliphatic hydroxyl groups excluding tert-OH is 1. The van der Waals surface area contributed by atoms with Crippen LogP contribution in [0.2, 0.25) is 0 Å². The second-order valence-corrected chi connectivity index (χ2v) is 5.43. The van der Waals surface area contributed by atoms with Gasteiger partial charge in [-0.15, -0.1) is 0 Å². The summed E-state index contributed by atoms with van der Waals surface area (Å²) < 4.78 is 0. The molecule has 1 heterocycles. The van der Waals surface area contributed by atoms with E-state index in [1.807, 2.05) is 26.2 Å². The van der Waals surface area contributed by atoms with Gasteiger partial charge in [0.25, 0.3) is 0 Å². The van der Waals surface area contributed by atoms with Crippen LogP contribution in [0.1, 0.15) is 26.3 Å². The van der Waals surface area contributed by atoms with E-state index in [1.54, 1.807) is 11.8 Å². The number of thioether (sulfide) groups is 1. The standard InChI is InChI=1S/C11H19N3OS/c1-4-16-10-12-5-9(6-13-10)7-14-11(2,3)8-15/h5-6,14-15H,4,7-8H2,1-3H3. The van der Waals surface area contributed by atoms with Crippen molar-refractivity contribution >= 4 is 11.8 Å². The molecule has 0 atom stereocenters. The summed E-state index contributed by atoms with van der Waals surface area (Å²) in [7, 11) is 0. The molecule has 0 radical (unpaired) electrons. The van der Waals surface area contributed by atoms with Gasteiger partial charge in [0, 0.05) is 30.0 Å². The van der Waals surface area contributed by atoms with Crippen molar-refractivity contribution in [1.82, 2.24) is 15.3 Å². The second-order valence-electron chi connectivity index (χ2n) is 4.20. The first-order valence-electron chi connectivity index (χ1n) is 5.37. The highest BCUT2D eigenvalue weighted by molar-refractivity contribution is 7.99. The van der Waals surface area contributed by atoms with Gasteiger partial charge in [0.05, 0.1) is 6.61 Å². The summed E-state index contributed by atoms with van der Waals surface area (Å²) in [5.74, 6) is 0.981. The van der Waals surface area contributed by atoms with Crippen molar-refractivity contribution in [1.29, 1.82) is 0 Å². The molecule has 1 rings (SSSR count). The molecule has 1 aromatic rings. The van der Waals surface area contributed by atoms with E-state index in [0.717, 1.165) is 16.5 Å². The fraction of sp³-hybridized carbons (Fsp3) is 0.636. The van der Waals surface area contributed by atoms with E-state index in [9.17, 15) is 0 Å². The highest BCUT2D eigenvalue weighted by atomic mass is 32.2. The Bertz CT molecular complexity index is 314. The Balaban J connectivity index is 2.49. The molecule has 1 aromatic heterocycles. The van der Waals surface area contributed by atoms with Crippen molar-refractivity contribution in [2.75, 3.05) is 12.4 Å². The van der Waals surface area contributed by atoms with Crippen molar-refractivity contribution in [2.24, 2.45) is 0 Å². The lowest BCUT2D eigenvalue weighted by Crippen LogP contribution is -2.42. The topological polar surface area (TPSA) is 58.0 Å². The zero-order valence-electron chi connectivity index (χ0n) is 10.0. The fourth-order valence-corrected chi connectivity index (χ4v) is 1.55. The second kappa shape index (κ2) is 6.18. The minimum absolute atomic E-state index is 0.109. The minimum atomic E-state index is -0.267. The summed E-state index contributed by atoms with van der Waals surface area (Å²) in [4.78, 5) is 8.49. The Hall–Kier alpha value is -0.650. The molecule has 90 valence electrons. The highest BCUT2D eigenvalue weighted by Crippen LogP contribution is 2.11. The molecule has 0 aliphatic rings. The average Bonchev–Trinajstić information content (AvgIpc) is 2.29. The minimum Gasteiger partial charge on any atom is -0.394 e. The lowest BCUT2D eigenvalue weighted by Gasteiger charge is -2.23. The maximum atomic E-state index is 9.09. The highest BCUT2D eigenvalue weighted by Gasteiger charge is 2.14. The molecule has 0 spiro atoms. The third kappa shape index (κ3) is 4.47. The van der Waals surface area contributed by atoms with Gasteiger partial charge in [-0.2, -0.15) is 0 Å². The molecule has 0 bridgehead atoms. The van der Waals surface area contributed by atoms with Gasteiger partial charge in [-0.1, -0.05) is 18.7 Å². The molecular formula is C11H19N3OS. The van der Waals surface area contributed by atoms with Crippen LogP contribution in [-0.4, -0.2) is 33.0 Å². The molecule has 0 amide bonds. The smallest absolute Gasteiger partial charge is 0.187 e. The van der Waals surface area contributed by atoms with E-state index >= 15 is 0 Å². The number of rotatable bonds is 6. The summed E-state index contributed by atoms with van der Waals surface area (Å²) in [6.45, 7) is 6.76. The first-order valence-corrected chi connectivity index (χ1v) is 6.35. The quantitative estimate of drug-likeness (QED) is 0.583. The molecule has 0 saturated heterocycles. The van der Waals surface area contributed by atoms with Gasteiger partial charge in [-0.05, 0) is 19.6 Å². The molecule has 0 aliphatic heterocycles. The van der Waals surface area contributed by atoms with Crippen LogP contribution in [0, 0.1) is 0 Å². The van der Waals surface area contributed by atoms with Crippen LogP contribution in [0.4, 0.5) is 0 Å². The number of hydrogen-bond donors (Lipinski definition) is 2. The van der Waals surface area contributed by atoms with Crippen LogP contribution in [0.3, 0.4) is 0 Å². The number of nitrogens with zero attached hydrogens (tertiary/aromatic N) is 2. The normalized spacial score (nSPS) is 11.8. The molecule has 0 unspecified atom stereocenters. The van der Waals surface area contributed by atoms with Crippen molar-refractivity contribution in [3.05, 3.63) is 18.0 Å². The molecule has 0 fully saturated rings. The molecule has 4 nitrogen and oxygen atoms in total. The first kappa shape index (κ1) is 13.4. The average molecular weight is 241 g/mol. The van der Waals surface area contributed by atoms with E-state index in [0.29, 0.717) is 6.54 Å². The van der Waals surface area contributed by atoms with Gasteiger partial charge in [0.15, 0.2) is 5.16 Å². The Morgan fingerprint density at radius 2 is 2.00 bits per heavy atom. The SMILES string of the molecule is CCSc1ncc(CNC(C)(C)CO)cn1. The predicted molar refractivity (Wildman–Crippen MR) is 66.4 cm³/mol. The maximum absolute atomic E-state index is 9.09. The summed E-state index contributed by atoms with van der Waals surface area (Å²) >= 11 is 1.63. The van der Waals surface area contributed by atoms with Gasteiger partial charge in [-0.25, -0.2) is 9.97 Å². The predicted octanol–water partition coefficient (Wildman–Crippen LogP) is 1.45. The van der Waals surface area contributed by atoms with Crippen molar-refractivity contribution in [3.8, 4) is 0 Å². The van der Waals surface area contributed by atoms with Crippen LogP contribution in [0.15, 0.2) is 17.6 Å². The summed E-state index contributed by atoms with van der Waals surface area (Å²) in [5.41, 5.74) is 0.763. The first-order chi connectivity index (χ1) is 7.57. The lowest BCUT2D eigenvalue weighted by molar-refractivity contribution is 0.187. The Morgan fingerprint density at radius 1 is 1.38 bits per heavy atom. The van der Waals surface area contributed by atoms with E-state index in [1.165, 1.54) is 0 Å². The Labute approximate surface area is 101 Å². The zero-order chi connectivity index (χ0) is 12.0. The van der Waals surface area contributed by atoms with Gasteiger partial charge >= 0.3 is 0 Å². The van der Waals surface area contributed by atoms with Crippen molar-refractivity contribution in [3.63, 3.8) is 0 Å². The van der Waals surface area contributed by atoms with Crippen LogP contribution >= 0.6 is 11.8 Å². The van der Waals surface area contributed by atoms with Crippen LogP contribution in [0.25, 0.3) is 0 Å². The van der Waals surface area contributed by atoms with Crippen LogP contribution in [0.5, 0.6) is 0 Å². The molecular weight excluding hydrogens is 222 g/mol. The number of hydrogen-bond acceptors (Lipinski definition) is 5. The molecule has 5 heteroatoms.